The molecule has 45 heavy (non-hydrogen) atoms. The monoisotopic (exact) mass is 802 g/mol. The van der Waals surface area contributed by atoms with E-state index in [1.807, 2.05) is 12.2 Å². The van der Waals surface area contributed by atoms with Crippen molar-refractivity contribution in [1.82, 2.24) is 0 Å². The molecule has 234 valence electrons. The Labute approximate surface area is 299 Å². The van der Waals surface area contributed by atoms with Crippen molar-refractivity contribution in [3.05, 3.63) is 150 Å². The molecule has 0 saturated heterocycles. The van der Waals surface area contributed by atoms with E-state index in [-0.39, 0.29) is 35.6 Å². The molecule has 0 nitrogen and oxygen atoms in total. The minimum atomic E-state index is 0. The van der Waals surface area contributed by atoms with Crippen LogP contribution in [0.3, 0.4) is 0 Å². The van der Waals surface area contributed by atoms with Crippen LogP contribution in [0.5, 0.6) is 0 Å². The van der Waals surface area contributed by atoms with Gasteiger partial charge in [0.05, 0.1) is 0 Å². The summed E-state index contributed by atoms with van der Waals surface area (Å²) in [6.07, 6.45) is 13.7. The fourth-order valence-electron chi connectivity index (χ4n) is 5.19. The summed E-state index contributed by atoms with van der Waals surface area (Å²) in [6.45, 7) is 13.6. The first kappa shape index (κ1) is 38.7. The molecule has 0 amide bonds. The van der Waals surface area contributed by atoms with Gasteiger partial charge in [0.2, 0.25) is 0 Å². The van der Waals surface area contributed by atoms with Crippen molar-refractivity contribution in [1.29, 1.82) is 0 Å². The Kier molecular flexibility index (Phi) is 15.5. The van der Waals surface area contributed by atoms with Crippen molar-refractivity contribution in [2.24, 2.45) is 0 Å². The molecule has 0 fully saturated rings. The van der Waals surface area contributed by atoms with Gasteiger partial charge in [0.15, 0.2) is 0 Å². The van der Waals surface area contributed by atoms with Crippen molar-refractivity contribution in [2.75, 3.05) is 0 Å². The molecule has 0 saturated carbocycles. The van der Waals surface area contributed by atoms with Crippen molar-refractivity contribution in [3.63, 3.8) is 0 Å². The molecule has 5 aromatic carbocycles. The molecule has 0 atom stereocenters. The van der Waals surface area contributed by atoms with Crippen LogP contribution in [0.15, 0.2) is 121 Å². The second-order valence-corrected chi connectivity index (χ2v) is 15.6. The summed E-state index contributed by atoms with van der Waals surface area (Å²) in [4.78, 5) is 0. The summed E-state index contributed by atoms with van der Waals surface area (Å²) < 4.78 is 1.63. The van der Waals surface area contributed by atoms with Crippen molar-refractivity contribution >= 4 is 49.6 Å². The predicted octanol–water partition coefficient (Wildman–Crippen LogP) is 12.2. The zero-order chi connectivity index (χ0) is 30.9. The first-order valence-corrected chi connectivity index (χ1v) is 17.3. The van der Waals surface area contributed by atoms with Gasteiger partial charge in [0, 0.05) is 0 Å². The first-order chi connectivity index (χ1) is 20.5. The zero-order valence-corrected chi connectivity index (χ0v) is 32.9. The Morgan fingerprint density at radius 3 is 1.64 bits per heavy atom. The van der Waals surface area contributed by atoms with Gasteiger partial charge in [0.25, 0.3) is 0 Å². The van der Waals surface area contributed by atoms with Gasteiger partial charge in [-0.15, -0.1) is 71.0 Å². The van der Waals surface area contributed by atoms with Gasteiger partial charge in [-0.05, 0) is 10.8 Å². The Balaban J connectivity index is 0.000000265. The topological polar surface area (TPSA) is 0 Å². The average molecular weight is 802 g/mol. The Hall–Kier alpha value is -2.45. The number of fused-ring (bicyclic) bond motifs is 3. The van der Waals surface area contributed by atoms with E-state index in [9.17, 15) is 0 Å². The summed E-state index contributed by atoms with van der Waals surface area (Å²) >= 11 is 1.17. The first-order valence-electron chi connectivity index (χ1n) is 15.5. The Bertz CT molecular complexity index is 1600. The van der Waals surface area contributed by atoms with Crippen LogP contribution in [0, 0.1) is 6.08 Å². The SMILES string of the molecule is CC(C)(C)c1ccc2c(c1)[cH-]c1cc(C(C)(C)C)ccc12.Cl.Cl.[C-]1=CC=CC1.[Hf+2]=[C](CCCc1ccccc1)c1ccccc1. The molecule has 0 heterocycles. The zero-order valence-electron chi connectivity index (χ0n) is 27.7. The molecule has 0 bridgehead atoms. The van der Waals surface area contributed by atoms with Crippen LogP contribution in [0.1, 0.15) is 83.1 Å². The quantitative estimate of drug-likeness (QED) is 0.123. The maximum atomic E-state index is 2.99. The van der Waals surface area contributed by atoms with E-state index >= 15 is 0 Å². The number of benzene rings is 4. The molecule has 0 unspecified atom stereocenters. The Morgan fingerprint density at radius 2 is 1.22 bits per heavy atom. The molecular formula is C42H48Cl2Hf. The minimum absolute atomic E-state index is 0. The molecule has 3 heteroatoms. The van der Waals surface area contributed by atoms with Crippen molar-refractivity contribution in [2.45, 2.75) is 78.1 Å². The molecule has 0 aliphatic heterocycles. The second kappa shape index (κ2) is 18.0. The van der Waals surface area contributed by atoms with Gasteiger partial charge in [-0.1, -0.05) is 76.9 Å². The normalized spacial score (nSPS) is 12.0. The molecule has 1 aliphatic rings. The molecule has 0 aromatic heterocycles. The van der Waals surface area contributed by atoms with Gasteiger partial charge >= 0.3 is 118 Å². The average Bonchev–Trinajstić information content (AvgIpc) is 3.69. The molecule has 0 radical (unpaired) electrons. The van der Waals surface area contributed by atoms with Crippen LogP contribution in [-0.4, -0.2) is 3.26 Å². The van der Waals surface area contributed by atoms with Crippen LogP contribution in [0.2, 0.25) is 0 Å². The maximum absolute atomic E-state index is 2.99. The van der Waals surface area contributed by atoms with E-state index in [0.29, 0.717) is 0 Å². The van der Waals surface area contributed by atoms with E-state index < -0.39 is 0 Å². The summed E-state index contributed by atoms with van der Waals surface area (Å²) in [5.41, 5.74) is 6.10. The van der Waals surface area contributed by atoms with Gasteiger partial charge in [-0.25, -0.2) is 12.2 Å². The number of aryl methyl sites for hydroxylation is 1. The van der Waals surface area contributed by atoms with Gasteiger partial charge in [-0.2, -0.15) is 6.08 Å². The van der Waals surface area contributed by atoms with E-state index in [4.69, 9.17) is 0 Å². The third kappa shape index (κ3) is 11.7. The van der Waals surface area contributed by atoms with Crippen LogP contribution < -0.4 is 0 Å². The summed E-state index contributed by atoms with van der Waals surface area (Å²) in [5.74, 6) is 0. The van der Waals surface area contributed by atoms with Crippen molar-refractivity contribution < 1.29 is 23.9 Å². The molecule has 5 aromatic rings. The number of halogens is 2. The molecule has 0 N–H and O–H groups in total. The number of hydrogen-bond donors (Lipinski definition) is 0. The fraction of sp³-hybridized carbons (Fsp3) is 0.286. The standard InChI is InChI=1S/C21H25.C16H16.C5H5.2ClH.Hf/c1-20(2,3)16-7-9-18-14(12-16)11-15-13-17(21(4,5)6)8-10-19(15)18;1-3-9-15(10-4-1)13-7-8-14-16-11-5-2-6-12-16;1-2-4-5-3-1;;;/h7-13H,1-6H3;1-6,9-12H,7-8,13H2;1-3H,4H2;2*1H;/q-1;;-1;;;+2. The van der Waals surface area contributed by atoms with E-state index in [1.54, 1.807) is 3.26 Å². The van der Waals surface area contributed by atoms with Gasteiger partial charge in [-0.3, -0.25) is 6.08 Å². The summed E-state index contributed by atoms with van der Waals surface area (Å²) in [7, 11) is 0. The summed E-state index contributed by atoms with van der Waals surface area (Å²) in [6, 6.07) is 37.7. The van der Waals surface area contributed by atoms with Crippen molar-refractivity contribution in [3.8, 4) is 0 Å². The molecule has 0 spiro atoms. The third-order valence-electron chi connectivity index (χ3n) is 7.88. The fourth-order valence-corrected chi connectivity index (χ4v) is 6.43. The van der Waals surface area contributed by atoms with Crippen LogP contribution in [0.25, 0.3) is 21.5 Å². The van der Waals surface area contributed by atoms with E-state index in [2.05, 4.69) is 157 Å². The number of allylic oxidation sites excluding steroid dienone is 4. The van der Waals surface area contributed by atoms with Crippen LogP contribution in [-0.2, 0) is 41.1 Å². The second-order valence-electron chi connectivity index (χ2n) is 13.4. The summed E-state index contributed by atoms with van der Waals surface area (Å²) in [5, 5.41) is 5.48. The molecule has 1 aliphatic carbocycles. The number of rotatable bonds is 5. The molecular weight excluding hydrogens is 754 g/mol. The predicted molar refractivity (Wildman–Crippen MR) is 200 cm³/mol. The third-order valence-corrected chi connectivity index (χ3v) is 9.81. The van der Waals surface area contributed by atoms with E-state index in [1.165, 1.54) is 87.0 Å². The van der Waals surface area contributed by atoms with Gasteiger partial charge < -0.3 is 0 Å². The Morgan fingerprint density at radius 1 is 0.711 bits per heavy atom. The van der Waals surface area contributed by atoms with E-state index in [0.717, 1.165) is 6.42 Å². The molecule has 6 rings (SSSR count). The van der Waals surface area contributed by atoms with Gasteiger partial charge in [0.1, 0.15) is 0 Å². The van der Waals surface area contributed by atoms with Crippen LogP contribution in [0.4, 0.5) is 0 Å². The number of hydrogen-bond acceptors (Lipinski definition) is 0. The van der Waals surface area contributed by atoms with Crippen LogP contribution >= 0.6 is 24.8 Å².